The number of hydrogen-bond donors (Lipinski definition) is 0. The van der Waals surface area contributed by atoms with Gasteiger partial charge in [-0.1, -0.05) is 109 Å². The average Bonchev–Trinajstić information content (AvgIpc) is 3.36. The SMILES string of the molecule is Brc1cc(OCCOCCOCC[P+](c2ccccc2)(c2ccccc2)c2ccccc2)c(Br)cc1OCCOCCOCC[P+](c1ccccc1)(c1ccccc1)c1ccccc1. The van der Waals surface area contributed by atoms with Crippen LogP contribution in [0, 0.1) is 0 Å². The minimum atomic E-state index is -1.92. The molecule has 0 atom stereocenters. The fraction of sp³-hybridized carbons (Fsp3) is 0.222. The molecule has 7 aromatic rings. The quantitative estimate of drug-likeness (QED) is 0.0398. The molecule has 10 heteroatoms. The summed E-state index contributed by atoms with van der Waals surface area (Å²) in [5.74, 6) is 1.41. The van der Waals surface area contributed by atoms with Gasteiger partial charge < -0.3 is 28.4 Å². The van der Waals surface area contributed by atoms with Gasteiger partial charge in [-0.25, -0.2) is 0 Å². The molecule has 0 heterocycles. The van der Waals surface area contributed by atoms with E-state index < -0.39 is 14.5 Å². The summed E-state index contributed by atoms with van der Waals surface area (Å²) < 4.78 is 37.9. The summed E-state index contributed by atoms with van der Waals surface area (Å²) in [5, 5.41) is 8.14. The molecule has 0 aliphatic heterocycles. The van der Waals surface area contributed by atoms with Crippen LogP contribution in [0.5, 0.6) is 11.5 Å². The Morgan fingerprint density at radius 1 is 0.281 bits per heavy atom. The Bertz CT molecular complexity index is 2020. The van der Waals surface area contributed by atoms with Crippen LogP contribution in [0.25, 0.3) is 0 Å². The van der Waals surface area contributed by atoms with E-state index in [1.807, 2.05) is 12.1 Å². The van der Waals surface area contributed by atoms with E-state index in [-0.39, 0.29) is 0 Å². The molecule has 0 fully saturated rings. The zero-order chi connectivity index (χ0) is 44.1. The van der Waals surface area contributed by atoms with Crippen molar-refractivity contribution in [1.82, 2.24) is 0 Å². The topological polar surface area (TPSA) is 55.4 Å². The van der Waals surface area contributed by atoms with Gasteiger partial charge in [-0.3, -0.25) is 0 Å². The molecule has 7 rings (SSSR count). The van der Waals surface area contributed by atoms with Crippen LogP contribution >= 0.6 is 46.4 Å². The highest BCUT2D eigenvalue weighted by atomic mass is 79.9. The van der Waals surface area contributed by atoms with Crippen LogP contribution in [-0.4, -0.2) is 78.4 Å². The maximum atomic E-state index is 6.21. The van der Waals surface area contributed by atoms with Crippen LogP contribution in [-0.2, 0) is 18.9 Å². The second kappa shape index (κ2) is 25.5. The smallest absolute Gasteiger partial charge is 0.134 e. The molecule has 0 aromatic heterocycles. The Labute approximate surface area is 397 Å². The summed E-state index contributed by atoms with van der Waals surface area (Å²) in [5.41, 5.74) is 0. The first-order chi connectivity index (χ1) is 31.6. The van der Waals surface area contributed by atoms with Crippen LogP contribution in [0.15, 0.2) is 203 Å². The summed E-state index contributed by atoms with van der Waals surface area (Å²) in [7, 11) is -3.84. The first-order valence-corrected chi connectivity index (χ1v) is 27.3. The molecule has 330 valence electrons. The third-order valence-corrected chi connectivity index (χ3v) is 21.0. The second-order valence-electron chi connectivity index (χ2n) is 14.9. The molecule has 0 spiro atoms. The van der Waals surface area contributed by atoms with E-state index in [2.05, 4.69) is 214 Å². The van der Waals surface area contributed by atoms with Gasteiger partial charge in [0, 0.05) is 0 Å². The lowest BCUT2D eigenvalue weighted by molar-refractivity contribution is 0.0405. The largest absolute Gasteiger partial charge is 0.490 e. The molecule has 0 aliphatic carbocycles. The molecule has 0 radical (unpaired) electrons. The molecular weight excluding hydrogens is 966 g/mol. The van der Waals surface area contributed by atoms with Crippen LogP contribution in [0.1, 0.15) is 0 Å². The Morgan fingerprint density at radius 2 is 0.500 bits per heavy atom. The van der Waals surface area contributed by atoms with Gasteiger partial charge in [0.25, 0.3) is 0 Å². The minimum Gasteiger partial charge on any atom is -0.490 e. The molecule has 0 saturated carbocycles. The van der Waals surface area contributed by atoms with Crippen LogP contribution < -0.4 is 41.3 Å². The number of ether oxygens (including phenoxy) is 6. The molecule has 64 heavy (non-hydrogen) atoms. The Morgan fingerprint density at radius 3 is 0.750 bits per heavy atom. The zero-order valence-electron chi connectivity index (χ0n) is 36.1. The van der Waals surface area contributed by atoms with Gasteiger partial charge in [-0.2, -0.15) is 0 Å². The lowest BCUT2D eigenvalue weighted by atomic mass is 10.3. The number of rotatable bonds is 26. The monoisotopic (exact) mass is 1020 g/mol. The highest BCUT2D eigenvalue weighted by Crippen LogP contribution is 2.56. The van der Waals surface area contributed by atoms with E-state index in [0.717, 1.165) is 21.3 Å². The van der Waals surface area contributed by atoms with Crippen LogP contribution in [0.4, 0.5) is 0 Å². The summed E-state index contributed by atoms with van der Waals surface area (Å²) in [4.78, 5) is 0. The summed E-state index contributed by atoms with van der Waals surface area (Å²) in [6, 6.07) is 69.1. The lowest BCUT2D eigenvalue weighted by Crippen LogP contribution is -2.34. The van der Waals surface area contributed by atoms with E-state index in [0.29, 0.717) is 77.6 Å². The molecule has 0 amide bonds. The van der Waals surface area contributed by atoms with Crippen molar-refractivity contribution in [1.29, 1.82) is 0 Å². The number of benzene rings is 7. The molecule has 0 aliphatic rings. The number of hydrogen-bond acceptors (Lipinski definition) is 6. The van der Waals surface area contributed by atoms with Crippen molar-refractivity contribution in [2.75, 3.05) is 78.4 Å². The van der Waals surface area contributed by atoms with Crippen molar-refractivity contribution in [2.45, 2.75) is 0 Å². The first kappa shape index (κ1) is 47.8. The predicted octanol–water partition coefficient (Wildman–Crippen LogP) is 10.0. The van der Waals surface area contributed by atoms with Crippen molar-refractivity contribution in [3.05, 3.63) is 203 Å². The van der Waals surface area contributed by atoms with Gasteiger partial charge in [-0.15, -0.1) is 0 Å². The van der Waals surface area contributed by atoms with Crippen molar-refractivity contribution in [3.8, 4) is 11.5 Å². The van der Waals surface area contributed by atoms with E-state index in [1.165, 1.54) is 31.8 Å². The Kier molecular flexibility index (Phi) is 19.0. The molecule has 0 bridgehead atoms. The fourth-order valence-corrected chi connectivity index (χ4v) is 17.1. The van der Waals surface area contributed by atoms with Crippen LogP contribution in [0.3, 0.4) is 0 Å². The molecule has 7 aromatic carbocycles. The second-order valence-corrected chi connectivity index (χ2v) is 23.9. The average molecular weight is 1020 g/mol. The van der Waals surface area contributed by atoms with Crippen molar-refractivity contribution in [3.63, 3.8) is 0 Å². The third-order valence-electron chi connectivity index (χ3n) is 11.0. The Balaban J connectivity index is 0.794. The van der Waals surface area contributed by atoms with Gasteiger partial charge >= 0.3 is 0 Å². The number of halogens is 2. The standard InChI is InChI=1S/C54H56Br2O6P2/c55-51-44-54(62-38-36-58-32-34-60-40-42-64(48-25-13-4-14-26-48,49-27-15-5-16-28-49)50-29-17-6-18-30-50)52(56)43-53(51)61-37-35-57-31-33-59-39-41-63(45-19-7-1-8-20-45,46-21-9-2-10-22-46)47-23-11-3-12-24-47/h1-30,43-44H,31-42H2/q+2. The molecule has 0 unspecified atom stereocenters. The fourth-order valence-electron chi connectivity index (χ4n) is 7.96. The van der Waals surface area contributed by atoms with E-state index >= 15 is 0 Å². The van der Waals surface area contributed by atoms with Crippen LogP contribution in [0.2, 0.25) is 0 Å². The molecule has 0 saturated heterocycles. The van der Waals surface area contributed by atoms with Crippen molar-refractivity contribution >= 4 is 78.2 Å². The van der Waals surface area contributed by atoms with E-state index in [4.69, 9.17) is 28.4 Å². The lowest BCUT2D eigenvalue weighted by Gasteiger charge is -2.27. The normalized spacial score (nSPS) is 11.7. The first-order valence-electron chi connectivity index (χ1n) is 21.8. The third kappa shape index (κ3) is 12.6. The highest BCUT2D eigenvalue weighted by Gasteiger charge is 2.46. The van der Waals surface area contributed by atoms with Gasteiger partial charge in [0.05, 0.1) is 74.1 Å². The minimum absolute atomic E-state index is 0.402. The predicted molar refractivity (Wildman–Crippen MR) is 276 cm³/mol. The summed E-state index contributed by atoms with van der Waals surface area (Å²) in [6.07, 6.45) is 1.81. The van der Waals surface area contributed by atoms with Gasteiger partial charge in [0.1, 0.15) is 71.1 Å². The summed E-state index contributed by atoms with van der Waals surface area (Å²) >= 11 is 7.29. The maximum absolute atomic E-state index is 6.21. The molecule has 6 nitrogen and oxygen atoms in total. The van der Waals surface area contributed by atoms with E-state index in [9.17, 15) is 0 Å². The van der Waals surface area contributed by atoms with Gasteiger partial charge in [-0.05, 0) is 117 Å². The van der Waals surface area contributed by atoms with E-state index in [1.54, 1.807) is 0 Å². The van der Waals surface area contributed by atoms with Crippen molar-refractivity contribution < 1.29 is 28.4 Å². The molecule has 0 N–H and O–H groups in total. The maximum Gasteiger partial charge on any atom is 0.134 e. The Hall–Kier alpha value is -4.20. The zero-order valence-corrected chi connectivity index (χ0v) is 41.0. The van der Waals surface area contributed by atoms with Gasteiger partial charge in [0.2, 0.25) is 0 Å². The summed E-state index contributed by atoms with van der Waals surface area (Å²) in [6.45, 7) is 4.94. The van der Waals surface area contributed by atoms with Gasteiger partial charge in [0.15, 0.2) is 0 Å². The highest BCUT2D eigenvalue weighted by molar-refractivity contribution is 9.11. The molecular formula is C54H56Br2O6P2+2. The van der Waals surface area contributed by atoms with Crippen molar-refractivity contribution in [2.24, 2.45) is 0 Å².